The summed E-state index contributed by atoms with van der Waals surface area (Å²) in [5.41, 5.74) is 3.21. The summed E-state index contributed by atoms with van der Waals surface area (Å²) in [6.45, 7) is 22.6. The van der Waals surface area contributed by atoms with Crippen molar-refractivity contribution in [2.45, 2.75) is 113 Å². The van der Waals surface area contributed by atoms with E-state index in [0.717, 1.165) is 23.7 Å². The summed E-state index contributed by atoms with van der Waals surface area (Å²) in [7, 11) is 0. The molecule has 5 aliphatic carbocycles. The Hall–Kier alpha value is -0.790. The Morgan fingerprint density at radius 3 is 2.24 bits per heavy atom. The van der Waals surface area contributed by atoms with Crippen LogP contribution in [-0.2, 0) is 0 Å². The van der Waals surface area contributed by atoms with Gasteiger partial charge in [-0.25, -0.2) is 0 Å². The van der Waals surface area contributed by atoms with Crippen LogP contribution in [0.25, 0.3) is 0 Å². The molecule has 5 rings (SSSR count). The van der Waals surface area contributed by atoms with Gasteiger partial charge in [-0.05, 0) is 128 Å². The smallest absolute Gasteiger partial charge is 0.0500 e. The summed E-state index contributed by atoms with van der Waals surface area (Å²) in [6, 6.07) is 0. The molecule has 0 heterocycles. The van der Waals surface area contributed by atoms with Crippen LogP contribution in [0.4, 0.5) is 0 Å². The first-order valence-electron chi connectivity index (χ1n) is 14.2. The zero-order chi connectivity index (χ0) is 24.0. The zero-order valence-corrected chi connectivity index (χ0v) is 22.7. The molecule has 2 nitrogen and oxygen atoms in total. The van der Waals surface area contributed by atoms with Crippen LogP contribution in [0.3, 0.4) is 0 Å². The number of hydrogen-bond acceptors (Lipinski definition) is 2. The average molecular weight is 454 g/mol. The normalized spacial score (nSPS) is 55.4. The molecule has 0 amide bonds. The van der Waals surface area contributed by atoms with E-state index >= 15 is 0 Å². The fourth-order valence-corrected chi connectivity index (χ4v) is 11.7. The lowest BCUT2D eigenvalue weighted by Gasteiger charge is -2.73. The van der Waals surface area contributed by atoms with Gasteiger partial charge in [0.1, 0.15) is 0 Å². The van der Waals surface area contributed by atoms with E-state index in [1.54, 1.807) is 0 Å². The fraction of sp³-hybridized carbons (Fsp3) is 0.903. The van der Waals surface area contributed by atoms with Crippen LogP contribution in [0.2, 0.25) is 0 Å². The third-order valence-corrected chi connectivity index (χ3v) is 14.0. The molecule has 1 N–H and O–H groups in total. The van der Waals surface area contributed by atoms with E-state index in [2.05, 4.69) is 60.2 Å². The molecule has 0 radical (unpaired) electrons. The second-order valence-corrected chi connectivity index (χ2v) is 14.9. The fourth-order valence-electron chi connectivity index (χ4n) is 11.7. The van der Waals surface area contributed by atoms with Crippen molar-refractivity contribution in [1.29, 1.82) is 0 Å². The van der Waals surface area contributed by atoms with Crippen LogP contribution in [0.5, 0.6) is 0 Å². The Morgan fingerprint density at radius 1 is 0.848 bits per heavy atom. The van der Waals surface area contributed by atoms with Gasteiger partial charge in [0, 0.05) is 5.41 Å². The van der Waals surface area contributed by atoms with Crippen molar-refractivity contribution in [1.82, 2.24) is 0 Å². The molecule has 33 heavy (non-hydrogen) atoms. The Balaban J connectivity index is 1.56. The van der Waals surface area contributed by atoms with E-state index in [9.17, 15) is 5.21 Å². The highest BCUT2D eigenvalue weighted by molar-refractivity contribution is 5.67. The average Bonchev–Trinajstić information content (AvgIpc) is 3.12. The lowest BCUT2D eigenvalue weighted by atomic mass is 9.32. The molecule has 0 spiro atoms. The molecule has 0 aromatic carbocycles. The van der Waals surface area contributed by atoms with E-state index in [0.29, 0.717) is 33.5 Å². The van der Waals surface area contributed by atoms with Gasteiger partial charge in [-0.2, -0.15) is 0 Å². The van der Waals surface area contributed by atoms with Gasteiger partial charge < -0.3 is 5.21 Å². The minimum Gasteiger partial charge on any atom is -0.411 e. The van der Waals surface area contributed by atoms with Crippen molar-refractivity contribution in [2.75, 3.05) is 0 Å². The summed E-state index contributed by atoms with van der Waals surface area (Å²) in [4.78, 5) is 0. The zero-order valence-electron chi connectivity index (χ0n) is 22.7. The van der Waals surface area contributed by atoms with E-state index in [-0.39, 0.29) is 5.41 Å². The molecule has 0 aromatic heterocycles. The minimum absolute atomic E-state index is 0.0924. The number of allylic oxidation sites excluding steroid dienone is 1. The predicted molar refractivity (Wildman–Crippen MR) is 138 cm³/mol. The highest BCUT2D eigenvalue weighted by Gasteiger charge is 2.70. The topological polar surface area (TPSA) is 32.6 Å². The van der Waals surface area contributed by atoms with Crippen molar-refractivity contribution >= 4 is 6.21 Å². The summed E-state index contributed by atoms with van der Waals surface area (Å²) in [5.74, 6) is 4.48. The van der Waals surface area contributed by atoms with E-state index < -0.39 is 0 Å². The number of hydrogen-bond donors (Lipinski definition) is 1. The van der Waals surface area contributed by atoms with Gasteiger partial charge in [0.25, 0.3) is 0 Å². The van der Waals surface area contributed by atoms with Crippen LogP contribution in [0.1, 0.15) is 113 Å². The quantitative estimate of drug-likeness (QED) is 0.193. The van der Waals surface area contributed by atoms with Gasteiger partial charge in [0.15, 0.2) is 0 Å². The van der Waals surface area contributed by atoms with Gasteiger partial charge in [-0.3, -0.25) is 0 Å². The molecule has 5 fully saturated rings. The lowest BCUT2D eigenvalue weighted by molar-refractivity contribution is -0.237. The number of fused-ring (bicyclic) bond motifs is 7. The van der Waals surface area contributed by atoms with Gasteiger partial charge in [0.2, 0.25) is 0 Å². The molecular formula is C31H51NO. The number of oxime groups is 1. The molecule has 0 aromatic rings. The monoisotopic (exact) mass is 453 g/mol. The van der Waals surface area contributed by atoms with E-state index in [1.807, 2.05) is 6.21 Å². The standard InChI is InChI=1S/C31H51NO/c1-20(2)22-12-16-31(19-32-33)18-17-29(7)23(26(22)31)9-10-25-28(6)14-11-21(3)27(4,5)24(28)13-15-30(25,29)8/h19,21-26,33H,1,9-18H2,2-8H3/b32-19-/t21-,22?,23?,24?,25?,26?,28-,29+,30+,31+/m0/s1. The largest absolute Gasteiger partial charge is 0.411 e. The molecule has 5 unspecified atom stereocenters. The van der Waals surface area contributed by atoms with Crippen molar-refractivity contribution < 1.29 is 5.21 Å². The minimum atomic E-state index is 0.0924. The third kappa shape index (κ3) is 2.88. The van der Waals surface area contributed by atoms with Crippen LogP contribution >= 0.6 is 0 Å². The second-order valence-electron chi connectivity index (χ2n) is 14.9. The Bertz CT molecular complexity index is 844. The third-order valence-electron chi connectivity index (χ3n) is 14.0. The molecule has 0 aliphatic heterocycles. The molecule has 2 heteroatoms. The summed E-state index contributed by atoms with van der Waals surface area (Å²) < 4.78 is 0. The van der Waals surface area contributed by atoms with Crippen LogP contribution in [-0.4, -0.2) is 11.4 Å². The van der Waals surface area contributed by atoms with Crippen molar-refractivity contribution in [3.05, 3.63) is 12.2 Å². The maximum absolute atomic E-state index is 9.66. The summed E-state index contributed by atoms with van der Waals surface area (Å²) in [5, 5.41) is 13.3. The van der Waals surface area contributed by atoms with Crippen molar-refractivity contribution in [3.8, 4) is 0 Å². The maximum atomic E-state index is 9.66. The molecule has 5 saturated carbocycles. The van der Waals surface area contributed by atoms with Crippen LogP contribution in [0, 0.1) is 62.6 Å². The van der Waals surface area contributed by atoms with Gasteiger partial charge >= 0.3 is 0 Å². The predicted octanol–water partition coefficient (Wildman–Crippen LogP) is 8.74. The van der Waals surface area contributed by atoms with Crippen molar-refractivity contribution in [2.24, 2.45) is 67.7 Å². The highest BCUT2D eigenvalue weighted by atomic mass is 16.4. The molecule has 5 aliphatic rings. The Morgan fingerprint density at radius 2 is 1.58 bits per heavy atom. The van der Waals surface area contributed by atoms with Crippen LogP contribution in [0.15, 0.2) is 17.3 Å². The van der Waals surface area contributed by atoms with E-state index in [4.69, 9.17) is 0 Å². The molecular weight excluding hydrogens is 402 g/mol. The highest BCUT2D eigenvalue weighted by Crippen LogP contribution is 2.77. The molecule has 10 atom stereocenters. The second kappa shape index (κ2) is 7.36. The Labute approximate surface area is 204 Å². The van der Waals surface area contributed by atoms with E-state index in [1.165, 1.54) is 69.8 Å². The Kier molecular flexibility index (Phi) is 5.34. The molecule has 186 valence electrons. The lowest BCUT2D eigenvalue weighted by Crippen LogP contribution is -2.66. The first kappa shape index (κ1) is 23.9. The van der Waals surface area contributed by atoms with Crippen LogP contribution < -0.4 is 0 Å². The van der Waals surface area contributed by atoms with Gasteiger partial charge in [-0.15, -0.1) is 5.16 Å². The first-order chi connectivity index (χ1) is 15.4. The molecule has 0 bridgehead atoms. The van der Waals surface area contributed by atoms with Gasteiger partial charge in [0.05, 0.1) is 6.21 Å². The first-order valence-corrected chi connectivity index (χ1v) is 14.2. The number of nitrogens with zero attached hydrogens (tertiary/aromatic N) is 1. The summed E-state index contributed by atoms with van der Waals surface area (Å²) in [6.07, 6.45) is 15.3. The van der Waals surface area contributed by atoms with Crippen molar-refractivity contribution in [3.63, 3.8) is 0 Å². The number of rotatable bonds is 2. The maximum Gasteiger partial charge on any atom is 0.0500 e. The van der Waals surface area contributed by atoms with Gasteiger partial charge in [-0.1, -0.05) is 53.7 Å². The molecule has 0 saturated heterocycles. The SMILES string of the molecule is C=C(C)C1CC[C@]2(/C=N\O)CC[C@]3(C)C(CCC4[C@@]5(C)CC[C@H](C)C(C)(C)C5CC[C@]43C)C12. The summed E-state index contributed by atoms with van der Waals surface area (Å²) >= 11 is 0.